The Labute approximate surface area is 97.6 Å². The number of hydrogen-bond donors (Lipinski definition) is 1. The molecule has 1 atom stereocenters. The number of rotatable bonds is 0. The molecule has 1 aromatic heterocycles. The summed E-state index contributed by atoms with van der Waals surface area (Å²) in [6, 6.07) is 1.77. The molecule has 2 aliphatic heterocycles. The first-order valence-corrected chi connectivity index (χ1v) is 5.67. The van der Waals surface area contributed by atoms with Gasteiger partial charge in [-0.25, -0.2) is 4.79 Å². The Morgan fingerprint density at radius 2 is 2.24 bits per heavy atom. The van der Waals surface area contributed by atoms with E-state index in [1.54, 1.807) is 10.6 Å². The Morgan fingerprint density at radius 1 is 1.47 bits per heavy atom. The molecule has 90 valence electrons. The van der Waals surface area contributed by atoms with Crippen LogP contribution in [0.2, 0.25) is 0 Å². The van der Waals surface area contributed by atoms with E-state index in [9.17, 15) is 14.7 Å². The number of nitrogens with zero attached hydrogens (tertiary/aromatic N) is 1. The number of aromatic nitrogens is 1. The SMILES string of the molecule is CC1(O)C(=O)OCc2c1cc1n(c2=O)CCC1. The molecule has 0 saturated carbocycles. The second kappa shape index (κ2) is 3.20. The number of carbonyl (C=O) groups is 1. The number of aliphatic hydroxyl groups is 1. The topological polar surface area (TPSA) is 68.5 Å². The number of carbonyl (C=O) groups excluding carboxylic acids is 1. The first-order valence-electron chi connectivity index (χ1n) is 5.67. The first kappa shape index (κ1) is 10.5. The number of aryl methyl sites for hydroxylation is 1. The lowest BCUT2D eigenvalue weighted by atomic mass is 9.90. The summed E-state index contributed by atoms with van der Waals surface area (Å²) in [7, 11) is 0. The highest BCUT2D eigenvalue weighted by Gasteiger charge is 2.42. The van der Waals surface area contributed by atoms with Crippen molar-refractivity contribution in [2.24, 2.45) is 0 Å². The Hall–Kier alpha value is -1.62. The molecular formula is C12H13NO4. The molecule has 0 amide bonds. The largest absolute Gasteiger partial charge is 0.458 e. The summed E-state index contributed by atoms with van der Waals surface area (Å²) < 4.78 is 6.56. The molecule has 2 aliphatic rings. The van der Waals surface area contributed by atoms with Crippen molar-refractivity contribution < 1.29 is 14.6 Å². The molecule has 0 aliphatic carbocycles. The van der Waals surface area contributed by atoms with Gasteiger partial charge in [-0.05, 0) is 25.8 Å². The van der Waals surface area contributed by atoms with E-state index in [1.807, 2.05) is 0 Å². The monoisotopic (exact) mass is 235 g/mol. The third-order valence-corrected chi connectivity index (χ3v) is 3.57. The Bertz CT molecular complexity index is 571. The van der Waals surface area contributed by atoms with Crippen LogP contribution >= 0.6 is 0 Å². The van der Waals surface area contributed by atoms with E-state index >= 15 is 0 Å². The fourth-order valence-electron chi connectivity index (χ4n) is 2.57. The van der Waals surface area contributed by atoms with E-state index in [0.29, 0.717) is 17.7 Å². The molecule has 1 aromatic rings. The van der Waals surface area contributed by atoms with E-state index in [2.05, 4.69) is 0 Å². The highest BCUT2D eigenvalue weighted by molar-refractivity contribution is 5.82. The average molecular weight is 235 g/mol. The van der Waals surface area contributed by atoms with E-state index in [0.717, 1.165) is 18.5 Å². The zero-order valence-electron chi connectivity index (χ0n) is 9.52. The molecule has 3 heterocycles. The van der Waals surface area contributed by atoms with Crippen molar-refractivity contribution in [3.05, 3.63) is 33.2 Å². The van der Waals surface area contributed by atoms with Crippen molar-refractivity contribution in [1.29, 1.82) is 0 Å². The van der Waals surface area contributed by atoms with Crippen molar-refractivity contribution >= 4 is 5.97 Å². The predicted molar refractivity (Wildman–Crippen MR) is 58.4 cm³/mol. The smallest absolute Gasteiger partial charge is 0.342 e. The molecule has 5 nitrogen and oxygen atoms in total. The van der Waals surface area contributed by atoms with Gasteiger partial charge in [0, 0.05) is 17.8 Å². The number of fused-ring (bicyclic) bond motifs is 2. The summed E-state index contributed by atoms with van der Waals surface area (Å²) in [4.78, 5) is 23.7. The maximum Gasteiger partial charge on any atom is 0.342 e. The Kier molecular flexibility index (Phi) is 1.98. The van der Waals surface area contributed by atoms with Crippen LogP contribution in [0.4, 0.5) is 0 Å². The fraction of sp³-hybridized carbons (Fsp3) is 0.500. The highest BCUT2D eigenvalue weighted by Crippen LogP contribution is 2.31. The molecular weight excluding hydrogens is 222 g/mol. The lowest BCUT2D eigenvalue weighted by Gasteiger charge is -2.29. The molecule has 1 N–H and O–H groups in total. The zero-order valence-corrected chi connectivity index (χ0v) is 9.52. The van der Waals surface area contributed by atoms with Crippen LogP contribution in [0.1, 0.15) is 30.2 Å². The quantitative estimate of drug-likeness (QED) is 0.645. The van der Waals surface area contributed by atoms with E-state index in [4.69, 9.17) is 4.74 Å². The van der Waals surface area contributed by atoms with Crippen LogP contribution in [-0.4, -0.2) is 15.6 Å². The lowest BCUT2D eigenvalue weighted by molar-refractivity contribution is -0.169. The minimum atomic E-state index is -1.70. The van der Waals surface area contributed by atoms with Gasteiger partial charge in [0.05, 0.1) is 5.56 Å². The predicted octanol–water partition coefficient (Wildman–Crippen LogP) is 0.0588. The summed E-state index contributed by atoms with van der Waals surface area (Å²) in [5.41, 5.74) is -0.135. The van der Waals surface area contributed by atoms with Gasteiger partial charge in [-0.3, -0.25) is 4.79 Å². The van der Waals surface area contributed by atoms with Crippen molar-refractivity contribution in [2.45, 2.75) is 38.5 Å². The van der Waals surface area contributed by atoms with Gasteiger partial charge in [0.2, 0.25) is 0 Å². The van der Waals surface area contributed by atoms with Gasteiger partial charge >= 0.3 is 5.97 Å². The van der Waals surface area contributed by atoms with Crippen molar-refractivity contribution in [3.8, 4) is 0 Å². The maximum absolute atomic E-state index is 12.2. The van der Waals surface area contributed by atoms with Crippen LogP contribution in [0.15, 0.2) is 10.9 Å². The van der Waals surface area contributed by atoms with Gasteiger partial charge in [-0.1, -0.05) is 0 Å². The third kappa shape index (κ3) is 1.29. The summed E-state index contributed by atoms with van der Waals surface area (Å²) >= 11 is 0. The summed E-state index contributed by atoms with van der Waals surface area (Å²) in [5.74, 6) is -0.688. The Morgan fingerprint density at radius 3 is 3.00 bits per heavy atom. The second-order valence-corrected chi connectivity index (χ2v) is 4.74. The molecule has 0 fully saturated rings. The van der Waals surface area contributed by atoms with Crippen LogP contribution in [-0.2, 0) is 34.7 Å². The molecule has 0 spiro atoms. The van der Waals surface area contributed by atoms with Crippen LogP contribution < -0.4 is 5.56 Å². The van der Waals surface area contributed by atoms with Gasteiger partial charge in [0.15, 0.2) is 5.60 Å². The van der Waals surface area contributed by atoms with Crippen molar-refractivity contribution in [2.75, 3.05) is 0 Å². The number of pyridine rings is 1. The maximum atomic E-state index is 12.2. The van der Waals surface area contributed by atoms with Crippen LogP contribution in [0.3, 0.4) is 0 Å². The van der Waals surface area contributed by atoms with Crippen molar-refractivity contribution in [3.63, 3.8) is 0 Å². The molecule has 3 rings (SSSR count). The standard InChI is InChI=1S/C12H13NO4/c1-12(16)9-5-7-3-2-4-13(7)10(14)8(9)6-17-11(12)15/h5,16H,2-4,6H2,1H3. The minimum absolute atomic E-state index is 0.0383. The van der Waals surface area contributed by atoms with E-state index < -0.39 is 11.6 Å². The molecule has 5 heteroatoms. The molecule has 0 aromatic carbocycles. The van der Waals surface area contributed by atoms with Crippen LogP contribution in [0, 0.1) is 0 Å². The molecule has 0 bridgehead atoms. The lowest BCUT2D eigenvalue weighted by Crippen LogP contribution is -2.42. The van der Waals surface area contributed by atoms with Gasteiger partial charge in [0.25, 0.3) is 5.56 Å². The summed E-state index contributed by atoms with van der Waals surface area (Å²) in [6.45, 7) is 2.04. The van der Waals surface area contributed by atoms with Gasteiger partial charge < -0.3 is 14.4 Å². The summed E-state index contributed by atoms with van der Waals surface area (Å²) in [5, 5.41) is 10.1. The molecule has 17 heavy (non-hydrogen) atoms. The number of hydrogen-bond acceptors (Lipinski definition) is 4. The molecule has 0 radical (unpaired) electrons. The van der Waals surface area contributed by atoms with E-state index in [1.165, 1.54) is 6.92 Å². The fourth-order valence-corrected chi connectivity index (χ4v) is 2.57. The van der Waals surface area contributed by atoms with Gasteiger partial charge in [0.1, 0.15) is 6.61 Å². The summed E-state index contributed by atoms with van der Waals surface area (Å²) in [6.07, 6.45) is 1.74. The van der Waals surface area contributed by atoms with Crippen LogP contribution in [0.25, 0.3) is 0 Å². The molecule has 1 unspecified atom stereocenters. The van der Waals surface area contributed by atoms with E-state index in [-0.39, 0.29) is 12.2 Å². The number of ether oxygens (including phenoxy) is 1. The van der Waals surface area contributed by atoms with Gasteiger partial charge in [-0.15, -0.1) is 0 Å². The number of cyclic esters (lactones) is 1. The zero-order chi connectivity index (χ0) is 12.2. The Balaban J connectivity index is 2.31. The normalized spacial score (nSPS) is 26.4. The minimum Gasteiger partial charge on any atom is -0.458 e. The molecule has 0 saturated heterocycles. The van der Waals surface area contributed by atoms with Crippen molar-refractivity contribution in [1.82, 2.24) is 4.57 Å². The number of esters is 1. The second-order valence-electron chi connectivity index (χ2n) is 4.74. The van der Waals surface area contributed by atoms with Gasteiger partial charge in [-0.2, -0.15) is 0 Å². The third-order valence-electron chi connectivity index (χ3n) is 3.57. The highest BCUT2D eigenvalue weighted by atomic mass is 16.6. The van der Waals surface area contributed by atoms with Crippen LogP contribution in [0.5, 0.6) is 0 Å². The average Bonchev–Trinajstić information content (AvgIpc) is 2.73. The first-order chi connectivity index (χ1) is 8.01.